The zero-order chi connectivity index (χ0) is 12.1. The molecule has 1 rings (SSSR count). The van der Waals surface area contributed by atoms with Crippen LogP contribution in [-0.4, -0.2) is 18.8 Å². The van der Waals surface area contributed by atoms with Crippen molar-refractivity contribution in [3.05, 3.63) is 34.4 Å². The molecule has 0 spiro atoms. The molecule has 0 saturated heterocycles. The molecule has 0 bridgehead atoms. The van der Waals surface area contributed by atoms with Crippen molar-refractivity contribution in [1.29, 1.82) is 0 Å². The van der Waals surface area contributed by atoms with E-state index in [0.29, 0.717) is 6.61 Å². The number of ether oxygens (including phenoxy) is 1. The van der Waals surface area contributed by atoms with Gasteiger partial charge in [0.05, 0.1) is 6.10 Å². The summed E-state index contributed by atoms with van der Waals surface area (Å²) in [6.07, 6.45) is 1.29. The summed E-state index contributed by atoms with van der Waals surface area (Å²) in [7, 11) is 1.69. The minimum atomic E-state index is -0.365. The number of hydrogen-bond donors (Lipinski definition) is 1. The largest absolute Gasteiger partial charge is 0.388 e. The van der Waals surface area contributed by atoms with E-state index in [0.717, 1.165) is 18.4 Å². The van der Waals surface area contributed by atoms with Crippen LogP contribution in [0.5, 0.6) is 0 Å². The number of benzene rings is 1. The Hall–Kier alpha value is -0.860. The lowest BCUT2D eigenvalue weighted by Gasteiger charge is -2.17. The minimum Gasteiger partial charge on any atom is -0.388 e. The minimum absolute atomic E-state index is 0.365. The zero-order valence-electron chi connectivity index (χ0n) is 10.7. The highest BCUT2D eigenvalue weighted by Gasteiger charge is 2.13. The van der Waals surface area contributed by atoms with E-state index in [1.54, 1.807) is 7.11 Å². The van der Waals surface area contributed by atoms with Crippen molar-refractivity contribution in [2.45, 2.75) is 39.7 Å². The van der Waals surface area contributed by atoms with Crippen molar-refractivity contribution in [2.24, 2.45) is 0 Å². The van der Waals surface area contributed by atoms with E-state index in [-0.39, 0.29) is 6.10 Å². The van der Waals surface area contributed by atoms with Gasteiger partial charge in [0, 0.05) is 13.7 Å². The molecule has 1 N–H and O–H groups in total. The number of rotatable bonds is 5. The third-order valence-corrected chi connectivity index (χ3v) is 2.90. The molecule has 16 heavy (non-hydrogen) atoms. The average molecular weight is 222 g/mol. The molecule has 1 unspecified atom stereocenters. The summed E-state index contributed by atoms with van der Waals surface area (Å²) in [4.78, 5) is 0. The van der Waals surface area contributed by atoms with Crippen LogP contribution < -0.4 is 0 Å². The molecule has 0 aliphatic heterocycles. The first kappa shape index (κ1) is 13.2. The monoisotopic (exact) mass is 222 g/mol. The Labute approximate surface area is 98.3 Å². The maximum atomic E-state index is 10.1. The third-order valence-electron chi connectivity index (χ3n) is 2.90. The molecule has 1 aromatic carbocycles. The van der Waals surface area contributed by atoms with Gasteiger partial charge in [-0.1, -0.05) is 17.7 Å². The molecule has 2 heteroatoms. The molecule has 0 aliphatic carbocycles. The molecule has 0 saturated carbocycles. The molecule has 0 amide bonds. The van der Waals surface area contributed by atoms with E-state index in [9.17, 15) is 5.11 Å². The first-order valence-electron chi connectivity index (χ1n) is 5.81. The lowest BCUT2D eigenvalue weighted by Crippen LogP contribution is -2.05. The van der Waals surface area contributed by atoms with Crippen LogP contribution in [0.2, 0.25) is 0 Å². The van der Waals surface area contributed by atoms with Crippen LogP contribution in [-0.2, 0) is 4.74 Å². The molecular formula is C14H22O2. The van der Waals surface area contributed by atoms with E-state index in [1.165, 1.54) is 16.7 Å². The standard InChI is InChI=1S/C14H22O2/c1-10-8-11(2)14(12(3)9-10)13(15)6-5-7-16-4/h8-9,13,15H,5-7H2,1-4H3. The van der Waals surface area contributed by atoms with Crippen LogP contribution in [0.1, 0.15) is 41.2 Å². The Balaban J connectivity index is 2.78. The summed E-state index contributed by atoms with van der Waals surface area (Å²) in [5.74, 6) is 0. The van der Waals surface area contributed by atoms with Gasteiger partial charge in [-0.2, -0.15) is 0 Å². The second kappa shape index (κ2) is 6.02. The van der Waals surface area contributed by atoms with Gasteiger partial charge in [-0.25, -0.2) is 0 Å². The Morgan fingerprint density at radius 3 is 2.25 bits per heavy atom. The lowest BCUT2D eigenvalue weighted by molar-refractivity contribution is 0.135. The first-order chi connectivity index (χ1) is 7.56. The molecule has 0 radical (unpaired) electrons. The number of methoxy groups -OCH3 is 1. The number of hydrogen-bond acceptors (Lipinski definition) is 2. The summed E-state index contributed by atoms with van der Waals surface area (Å²) < 4.78 is 5.00. The van der Waals surface area contributed by atoms with Crippen molar-refractivity contribution in [3.63, 3.8) is 0 Å². The van der Waals surface area contributed by atoms with Gasteiger partial charge in [0.15, 0.2) is 0 Å². The highest BCUT2D eigenvalue weighted by Crippen LogP contribution is 2.26. The Bertz CT molecular complexity index is 322. The summed E-state index contributed by atoms with van der Waals surface area (Å²) in [6, 6.07) is 4.25. The predicted octanol–water partition coefficient (Wildman–Crippen LogP) is 3.07. The molecule has 90 valence electrons. The van der Waals surface area contributed by atoms with Gasteiger partial charge in [0.25, 0.3) is 0 Å². The van der Waals surface area contributed by atoms with Crippen LogP contribution in [0.25, 0.3) is 0 Å². The first-order valence-corrected chi connectivity index (χ1v) is 5.81. The Kier molecular flexibility index (Phi) is 4.97. The molecule has 1 aromatic rings. The molecule has 0 heterocycles. The number of aliphatic hydroxyl groups excluding tert-OH is 1. The predicted molar refractivity (Wildman–Crippen MR) is 66.7 cm³/mol. The number of aryl methyl sites for hydroxylation is 3. The topological polar surface area (TPSA) is 29.5 Å². The van der Waals surface area contributed by atoms with E-state index in [4.69, 9.17) is 4.74 Å². The summed E-state index contributed by atoms with van der Waals surface area (Å²) >= 11 is 0. The quantitative estimate of drug-likeness (QED) is 0.776. The Morgan fingerprint density at radius 1 is 1.19 bits per heavy atom. The van der Waals surface area contributed by atoms with Gasteiger partial charge in [0.2, 0.25) is 0 Å². The van der Waals surface area contributed by atoms with Gasteiger partial charge < -0.3 is 9.84 Å². The van der Waals surface area contributed by atoms with Crippen molar-refractivity contribution in [1.82, 2.24) is 0 Å². The molecule has 1 atom stereocenters. The lowest BCUT2D eigenvalue weighted by atomic mass is 9.93. The molecule has 0 aliphatic rings. The highest BCUT2D eigenvalue weighted by atomic mass is 16.5. The fourth-order valence-electron chi connectivity index (χ4n) is 2.28. The van der Waals surface area contributed by atoms with Crippen LogP contribution in [0.15, 0.2) is 12.1 Å². The molecule has 2 nitrogen and oxygen atoms in total. The van der Waals surface area contributed by atoms with Crippen molar-refractivity contribution < 1.29 is 9.84 Å². The summed E-state index contributed by atoms with van der Waals surface area (Å²) in [5, 5.41) is 10.1. The van der Waals surface area contributed by atoms with Gasteiger partial charge in [-0.05, 0) is 50.3 Å². The van der Waals surface area contributed by atoms with E-state index in [1.807, 2.05) is 0 Å². The van der Waals surface area contributed by atoms with Crippen LogP contribution >= 0.6 is 0 Å². The third kappa shape index (κ3) is 3.32. The van der Waals surface area contributed by atoms with Crippen LogP contribution in [0, 0.1) is 20.8 Å². The van der Waals surface area contributed by atoms with E-state index in [2.05, 4.69) is 32.9 Å². The van der Waals surface area contributed by atoms with Crippen LogP contribution in [0.4, 0.5) is 0 Å². The van der Waals surface area contributed by atoms with Gasteiger partial charge in [-0.15, -0.1) is 0 Å². The van der Waals surface area contributed by atoms with Gasteiger partial charge >= 0.3 is 0 Å². The highest BCUT2D eigenvalue weighted by molar-refractivity contribution is 5.38. The van der Waals surface area contributed by atoms with Crippen LogP contribution in [0.3, 0.4) is 0 Å². The maximum absolute atomic E-state index is 10.1. The second-order valence-corrected chi connectivity index (χ2v) is 4.46. The summed E-state index contributed by atoms with van der Waals surface area (Å²) in [5.41, 5.74) is 4.70. The SMILES string of the molecule is COCCCC(O)c1c(C)cc(C)cc1C. The fraction of sp³-hybridized carbons (Fsp3) is 0.571. The molecule has 0 aromatic heterocycles. The second-order valence-electron chi connectivity index (χ2n) is 4.46. The van der Waals surface area contributed by atoms with Crippen molar-refractivity contribution in [3.8, 4) is 0 Å². The van der Waals surface area contributed by atoms with Crippen molar-refractivity contribution >= 4 is 0 Å². The average Bonchev–Trinajstić information content (AvgIpc) is 2.16. The zero-order valence-corrected chi connectivity index (χ0v) is 10.7. The molecule has 0 fully saturated rings. The summed E-state index contributed by atoms with van der Waals surface area (Å²) in [6.45, 7) is 6.92. The van der Waals surface area contributed by atoms with Gasteiger partial charge in [-0.3, -0.25) is 0 Å². The fourth-order valence-corrected chi connectivity index (χ4v) is 2.28. The Morgan fingerprint density at radius 2 is 1.75 bits per heavy atom. The van der Waals surface area contributed by atoms with Crippen molar-refractivity contribution in [2.75, 3.05) is 13.7 Å². The normalized spacial score (nSPS) is 12.8. The van der Waals surface area contributed by atoms with E-state index >= 15 is 0 Å². The number of aliphatic hydroxyl groups is 1. The van der Waals surface area contributed by atoms with E-state index < -0.39 is 0 Å². The smallest absolute Gasteiger partial charge is 0.0796 e. The molecular weight excluding hydrogens is 200 g/mol. The maximum Gasteiger partial charge on any atom is 0.0796 e. The van der Waals surface area contributed by atoms with Gasteiger partial charge in [0.1, 0.15) is 0 Å².